The second kappa shape index (κ2) is 6.15. The molecule has 2 heterocycles. The number of rotatable bonds is 3. The predicted molar refractivity (Wildman–Crippen MR) is 92.3 cm³/mol. The van der Waals surface area contributed by atoms with Crippen molar-refractivity contribution in [2.24, 2.45) is 0 Å². The van der Waals surface area contributed by atoms with E-state index in [1.54, 1.807) is 0 Å². The molecule has 3 rings (SSSR count). The summed E-state index contributed by atoms with van der Waals surface area (Å²) < 4.78 is 6.56. The van der Waals surface area contributed by atoms with Crippen LogP contribution in [-0.2, 0) is 6.42 Å². The summed E-state index contributed by atoms with van der Waals surface area (Å²) in [6, 6.07) is 13.7. The van der Waals surface area contributed by atoms with Gasteiger partial charge in [-0.2, -0.15) is 0 Å². The van der Waals surface area contributed by atoms with Gasteiger partial charge in [-0.1, -0.05) is 48.9 Å². The van der Waals surface area contributed by atoms with E-state index in [9.17, 15) is 0 Å². The molecule has 0 unspecified atom stereocenters. The molecule has 106 valence electrons. The molecule has 0 N–H and O–H groups in total. The van der Waals surface area contributed by atoms with E-state index in [-0.39, 0.29) is 0 Å². The Morgan fingerprint density at radius 1 is 1.10 bits per heavy atom. The topological polar surface area (TPSA) is 38.9 Å². The summed E-state index contributed by atoms with van der Waals surface area (Å²) in [6.07, 6.45) is 0.837. The molecule has 0 bridgehead atoms. The van der Waals surface area contributed by atoms with Crippen molar-refractivity contribution in [3.05, 3.63) is 56.9 Å². The number of furan rings is 1. The molecule has 2 aromatic heterocycles. The van der Waals surface area contributed by atoms with Gasteiger partial charge in [0.1, 0.15) is 10.9 Å². The first-order chi connectivity index (χ1) is 10.2. The fraction of sp³-hybridized carbons (Fsp3) is 0.125. The van der Waals surface area contributed by atoms with Crippen molar-refractivity contribution in [2.45, 2.75) is 13.3 Å². The minimum atomic E-state index is 0.439. The summed E-state index contributed by atoms with van der Waals surface area (Å²) in [5.41, 5.74) is 1.83. The normalized spacial score (nSPS) is 10.8. The van der Waals surface area contributed by atoms with Crippen LogP contribution >= 0.6 is 34.2 Å². The average molecular weight is 411 g/mol. The molecule has 0 radical (unpaired) electrons. The van der Waals surface area contributed by atoms with Crippen LogP contribution < -0.4 is 0 Å². The number of hydrogen-bond donors (Lipinski definition) is 0. The van der Waals surface area contributed by atoms with E-state index in [0.717, 1.165) is 27.0 Å². The minimum Gasteiger partial charge on any atom is -0.458 e. The molecule has 0 fully saturated rings. The first kappa shape index (κ1) is 14.5. The van der Waals surface area contributed by atoms with Gasteiger partial charge in [0.2, 0.25) is 0 Å². The largest absolute Gasteiger partial charge is 0.458 e. The molecule has 21 heavy (non-hydrogen) atoms. The van der Waals surface area contributed by atoms with Crippen molar-refractivity contribution in [3.8, 4) is 22.8 Å². The van der Waals surface area contributed by atoms with E-state index in [2.05, 4.69) is 32.6 Å². The minimum absolute atomic E-state index is 0.439. The Labute approximate surface area is 141 Å². The van der Waals surface area contributed by atoms with Gasteiger partial charge >= 0.3 is 0 Å². The Morgan fingerprint density at radius 2 is 1.86 bits per heavy atom. The second-order valence-corrected chi connectivity index (χ2v) is 5.92. The van der Waals surface area contributed by atoms with Crippen LogP contribution in [0.15, 0.2) is 46.9 Å². The number of benzene rings is 1. The second-order valence-electron chi connectivity index (χ2n) is 4.49. The first-order valence-corrected chi connectivity index (χ1v) is 8.02. The fourth-order valence-corrected chi connectivity index (χ4v) is 2.73. The third kappa shape index (κ3) is 2.96. The van der Waals surface area contributed by atoms with Crippen molar-refractivity contribution in [3.63, 3.8) is 0 Å². The fourth-order valence-electron chi connectivity index (χ4n) is 2.01. The standard InChI is InChI=1S/C16H12ClIN2O/c1-2-11-8-9-12(21-11)16-19-14(13(18)15(17)20-16)10-6-4-3-5-7-10/h3-9H,2H2,1H3. The molecule has 0 saturated carbocycles. The van der Waals surface area contributed by atoms with Gasteiger partial charge in [-0.3, -0.25) is 0 Å². The Balaban J connectivity index is 2.14. The smallest absolute Gasteiger partial charge is 0.197 e. The van der Waals surface area contributed by atoms with E-state index < -0.39 is 0 Å². The van der Waals surface area contributed by atoms with Crippen LogP contribution in [0.2, 0.25) is 5.15 Å². The molecular weight excluding hydrogens is 399 g/mol. The highest BCUT2D eigenvalue weighted by atomic mass is 127. The summed E-state index contributed by atoms with van der Waals surface area (Å²) in [7, 11) is 0. The Morgan fingerprint density at radius 3 is 2.52 bits per heavy atom. The molecular formula is C16H12ClIN2O. The molecule has 5 heteroatoms. The van der Waals surface area contributed by atoms with Crippen LogP contribution in [0.3, 0.4) is 0 Å². The molecule has 3 aromatic rings. The number of aryl methyl sites for hydroxylation is 1. The zero-order valence-electron chi connectivity index (χ0n) is 11.3. The van der Waals surface area contributed by atoms with Gasteiger partial charge in [0, 0.05) is 12.0 Å². The lowest BCUT2D eigenvalue weighted by molar-refractivity contribution is 0.525. The van der Waals surface area contributed by atoms with E-state index in [0.29, 0.717) is 16.7 Å². The lowest BCUT2D eigenvalue weighted by atomic mass is 10.1. The molecule has 0 aliphatic rings. The summed E-state index contributed by atoms with van der Waals surface area (Å²) in [5.74, 6) is 2.06. The van der Waals surface area contributed by atoms with E-state index in [1.807, 2.05) is 49.4 Å². The Bertz CT molecular complexity index is 771. The van der Waals surface area contributed by atoms with Crippen molar-refractivity contribution >= 4 is 34.2 Å². The number of nitrogens with zero attached hydrogens (tertiary/aromatic N) is 2. The highest BCUT2D eigenvalue weighted by molar-refractivity contribution is 14.1. The molecule has 0 aliphatic carbocycles. The van der Waals surface area contributed by atoms with Crippen LogP contribution in [0.25, 0.3) is 22.8 Å². The third-order valence-corrected chi connectivity index (χ3v) is 4.70. The van der Waals surface area contributed by atoms with Crippen molar-refractivity contribution in [1.29, 1.82) is 0 Å². The molecule has 0 saturated heterocycles. The quantitative estimate of drug-likeness (QED) is 0.439. The monoisotopic (exact) mass is 410 g/mol. The van der Waals surface area contributed by atoms with Gasteiger partial charge in [-0.05, 0) is 34.7 Å². The maximum atomic E-state index is 6.26. The van der Waals surface area contributed by atoms with Crippen LogP contribution in [0.5, 0.6) is 0 Å². The highest BCUT2D eigenvalue weighted by Gasteiger charge is 2.15. The van der Waals surface area contributed by atoms with Gasteiger partial charge in [0.05, 0.1) is 9.26 Å². The van der Waals surface area contributed by atoms with Gasteiger partial charge in [0.15, 0.2) is 11.6 Å². The van der Waals surface area contributed by atoms with Crippen LogP contribution in [0.1, 0.15) is 12.7 Å². The molecule has 1 aromatic carbocycles. The van der Waals surface area contributed by atoms with Crippen LogP contribution in [0, 0.1) is 3.57 Å². The zero-order valence-corrected chi connectivity index (χ0v) is 14.2. The van der Waals surface area contributed by atoms with Crippen molar-refractivity contribution < 1.29 is 4.42 Å². The molecule has 0 atom stereocenters. The molecule has 0 aliphatic heterocycles. The highest BCUT2D eigenvalue weighted by Crippen LogP contribution is 2.31. The predicted octanol–water partition coefficient (Wildman–Crippen LogP) is 5.22. The van der Waals surface area contributed by atoms with Crippen molar-refractivity contribution in [2.75, 3.05) is 0 Å². The Kier molecular flexibility index (Phi) is 4.26. The van der Waals surface area contributed by atoms with Gasteiger partial charge in [-0.15, -0.1) is 0 Å². The zero-order chi connectivity index (χ0) is 14.8. The number of halogens is 2. The summed E-state index contributed by atoms with van der Waals surface area (Å²) in [5, 5.41) is 0.439. The summed E-state index contributed by atoms with van der Waals surface area (Å²) in [4.78, 5) is 8.95. The van der Waals surface area contributed by atoms with E-state index in [1.165, 1.54) is 0 Å². The number of hydrogen-bond acceptors (Lipinski definition) is 3. The molecule has 0 amide bonds. The van der Waals surface area contributed by atoms with Gasteiger partial charge in [0.25, 0.3) is 0 Å². The lowest BCUT2D eigenvalue weighted by Gasteiger charge is -2.07. The number of aromatic nitrogens is 2. The van der Waals surface area contributed by atoms with Crippen LogP contribution in [-0.4, -0.2) is 9.97 Å². The van der Waals surface area contributed by atoms with Crippen molar-refractivity contribution in [1.82, 2.24) is 9.97 Å². The average Bonchev–Trinajstić information content (AvgIpc) is 3.00. The third-order valence-electron chi connectivity index (χ3n) is 3.09. The van der Waals surface area contributed by atoms with E-state index in [4.69, 9.17) is 16.0 Å². The van der Waals surface area contributed by atoms with Gasteiger partial charge in [-0.25, -0.2) is 9.97 Å². The lowest BCUT2D eigenvalue weighted by Crippen LogP contribution is -1.96. The Hall–Kier alpha value is -1.40. The van der Waals surface area contributed by atoms with Crippen LogP contribution in [0.4, 0.5) is 0 Å². The maximum Gasteiger partial charge on any atom is 0.197 e. The maximum absolute atomic E-state index is 6.26. The SMILES string of the molecule is CCc1ccc(-c2nc(Cl)c(I)c(-c3ccccc3)n2)o1. The van der Waals surface area contributed by atoms with Gasteiger partial charge < -0.3 is 4.42 Å². The first-order valence-electron chi connectivity index (χ1n) is 6.56. The summed E-state index contributed by atoms with van der Waals surface area (Å²) >= 11 is 8.43. The molecule has 3 nitrogen and oxygen atoms in total. The molecule has 0 spiro atoms. The van der Waals surface area contributed by atoms with E-state index >= 15 is 0 Å². The summed E-state index contributed by atoms with van der Waals surface area (Å²) in [6.45, 7) is 2.04.